The summed E-state index contributed by atoms with van der Waals surface area (Å²) in [6, 6.07) is 0.527. The number of nitrogens with zero attached hydrogens (tertiary/aromatic N) is 5. The first-order valence-electron chi connectivity index (χ1n) is 5.77. The molecule has 8 nitrogen and oxygen atoms in total. The van der Waals surface area contributed by atoms with Gasteiger partial charge in [0.05, 0.1) is 18.0 Å². The number of nitrogens with two attached hydrogens (primary N) is 1. The number of aromatic nitrogens is 2. The van der Waals surface area contributed by atoms with Gasteiger partial charge in [0.25, 0.3) is 0 Å². The number of nitro groups is 1. The number of hydrogen-bond donors (Lipinski definition) is 1. The third kappa shape index (κ3) is 4.33. The van der Waals surface area contributed by atoms with Crippen LogP contribution in [0.15, 0.2) is 17.4 Å². The quantitative estimate of drug-likeness (QED) is 0.268. The van der Waals surface area contributed by atoms with Crippen molar-refractivity contribution in [3.05, 3.63) is 22.5 Å². The molecule has 1 saturated carbocycles. The zero-order valence-corrected chi connectivity index (χ0v) is 12.9. The molecule has 0 saturated heterocycles. The lowest BCUT2D eigenvalue weighted by Crippen LogP contribution is -2.36. The summed E-state index contributed by atoms with van der Waals surface area (Å²) in [5.74, 6) is 0.513. The second-order valence-corrected chi connectivity index (χ2v) is 4.30. The van der Waals surface area contributed by atoms with Crippen LogP contribution < -0.4 is 5.73 Å². The third-order valence-electron chi connectivity index (χ3n) is 2.89. The predicted octanol–water partition coefficient (Wildman–Crippen LogP) is 0.818. The molecule has 9 heteroatoms. The lowest BCUT2D eigenvalue weighted by Gasteiger charge is -2.16. The molecule has 0 atom stereocenters. The first-order chi connectivity index (χ1) is 8.58. The van der Waals surface area contributed by atoms with E-state index < -0.39 is 4.92 Å². The Bertz CT molecular complexity index is 470. The van der Waals surface area contributed by atoms with E-state index in [2.05, 4.69) is 10.1 Å². The highest BCUT2D eigenvalue weighted by molar-refractivity contribution is 14.0. The summed E-state index contributed by atoms with van der Waals surface area (Å²) in [5.41, 5.74) is 5.80. The van der Waals surface area contributed by atoms with E-state index >= 15 is 0 Å². The van der Waals surface area contributed by atoms with Crippen molar-refractivity contribution in [2.75, 3.05) is 13.6 Å². The fourth-order valence-electron chi connectivity index (χ4n) is 1.60. The molecule has 0 bridgehead atoms. The van der Waals surface area contributed by atoms with E-state index in [4.69, 9.17) is 5.73 Å². The van der Waals surface area contributed by atoms with Crippen molar-refractivity contribution in [1.29, 1.82) is 0 Å². The highest BCUT2D eigenvalue weighted by Crippen LogP contribution is 2.24. The van der Waals surface area contributed by atoms with E-state index in [1.54, 1.807) is 0 Å². The fraction of sp³-hybridized carbons (Fsp3) is 0.600. The summed E-state index contributed by atoms with van der Waals surface area (Å²) in [7, 11) is 1.93. The Kier molecular flexibility index (Phi) is 5.51. The minimum absolute atomic E-state index is 0. The molecule has 0 radical (unpaired) electrons. The van der Waals surface area contributed by atoms with Gasteiger partial charge >= 0.3 is 5.69 Å². The average Bonchev–Trinajstić information content (AvgIpc) is 3.07. The molecular weight excluding hydrogens is 363 g/mol. The van der Waals surface area contributed by atoms with Crippen molar-refractivity contribution in [3.8, 4) is 0 Å². The predicted molar refractivity (Wildman–Crippen MR) is 81.6 cm³/mol. The summed E-state index contributed by atoms with van der Waals surface area (Å²) in [5, 5.41) is 14.3. The van der Waals surface area contributed by atoms with Crippen molar-refractivity contribution < 1.29 is 4.92 Å². The van der Waals surface area contributed by atoms with Crippen LogP contribution in [0.25, 0.3) is 0 Å². The van der Waals surface area contributed by atoms with E-state index in [1.807, 2.05) is 11.9 Å². The van der Waals surface area contributed by atoms with Crippen molar-refractivity contribution in [3.63, 3.8) is 0 Å². The van der Waals surface area contributed by atoms with Gasteiger partial charge in [-0.3, -0.25) is 19.8 Å². The maximum atomic E-state index is 10.5. The van der Waals surface area contributed by atoms with Gasteiger partial charge in [-0.05, 0) is 12.8 Å². The number of rotatable bonds is 5. The van der Waals surface area contributed by atoms with Gasteiger partial charge in [-0.2, -0.15) is 5.10 Å². The Morgan fingerprint density at radius 3 is 2.95 bits per heavy atom. The summed E-state index contributed by atoms with van der Waals surface area (Å²) in [6.07, 6.45) is 4.94. The molecule has 0 amide bonds. The molecule has 1 aromatic heterocycles. The summed E-state index contributed by atoms with van der Waals surface area (Å²) in [4.78, 5) is 16.2. The lowest BCUT2D eigenvalue weighted by molar-refractivity contribution is -0.385. The summed E-state index contributed by atoms with van der Waals surface area (Å²) >= 11 is 0. The zero-order chi connectivity index (χ0) is 13.1. The van der Waals surface area contributed by atoms with E-state index in [0.717, 1.165) is 12.8 Å². The Labute approximate surface area is 127 Å². The van der Waals surface area contributed by atoms with Crippen LogP contribution >= 0.6 is 24.0 Å². The van der Waals surface area contributed by atoms with Crippen LogP contribution in [0.2, 0.25) is 0 Å². The summed E-state index contributed by atoms with van der Waals surface area (Å²) < 4.78 is 1.49. The third-order valence-corrected chi connectivity index (χ3v) is 2.89. The standard InChI is InChI=1S/C10H16N6O2.HI/c1-14(8-2-3-8)10(11)12-4-5-15-7-9(6-13-15)16(17)18;/h6-8H,2-5H2,1H3,(H2,11,12);1H. The molecular formula is C10H17IN6O2. The van der Waals surface area contributed by atoms with Crippen LogP contribution in [0.1, 0.15) is 12.8 Å². The molecule has 0 aromatic carbocycles. The number of guanidine groups is 1. The van der Waals surface area contributed by atoms with Gasteiger partial charge in [-0.15, -0.1) is 24.0 Å². The van der Waals surface area contributed by atoms with Gasteiger partial charge in [0.1, 0.15) is 12.4 Å². The van der Waals surface area contributed by atoms with Gasteiger partial charge < -0.3 is 10.6 Å². The van der Waals surface area contributed by atoms with Crippen molar-refractivity contribution in [2.24, 2.45) is 10.7 Å². The SMILES string of the molecule is CN(C(N)=NCCn1cc([N+](=O)[O-])cn1)C1CC1.I. The smallest absolute Gasteiger partial charge is 0.306 e. The van der Waals surface area contributed by atoms with Crippen molar-refractivity contribution in [2.45, 2.75) is 25.4 Å². The van der Waals surface area contributed by atoms with Crippen LogP contribution in [0.4, 0.5) is 5.69 Å². The van der Waals surface area contributed by atoms with Crippen LogP contribution in [0.3, 0.4) is 0 Å². The molecule has 0 unspecified atom stereocenters. The number of aliphatic imine (C=N–C) groups is 1. The Hall–Kier alpha value is -1.39. The highest BCUT2D eigenvalue weighted by Gasteiger charge is 2.27. The highest BCUT2D eigenvalue weighted by atomic mass is 127. The van der Waals surface area contributed by atoms with E-state index in [9.17, 15) is 10.1 Å². The molecule has 2 rings (SSSR count). The second-order valence-electron chi connectivity index (χ2n) is 4.30. The maximum Gasteiger partial charge on any atom is 0.306 e. The molecule has 106 valence electrons. The van der Waals surface area contributed by atoms with Gasteiger partial charge in [0, 0.05) is 13.1 Å². The molecule has 19 heavy (non-hydrogen) atoms. The Balaban J connectivity index is 0.00000180. The van der Waals surface area contributed by atoms with Crippen LogP contribution in [0, 0.1) is 10.1 Å². The van der Waals surface area contributed by atoms with Crippen molar-refractivity contribution >= 4 is 35.6 Å². The topological polar surface area (TPSA) is 103 Å². The number of hydrogen-bond acceptors (Lipinski definition) is 4. The molecule has 1 aliphatic rings. The monoisotopic (exact) mass is 380 g/mol. The number of halogens is 1. The molecule has 0 spiro atoms. The zero-order valence-electron chi connectivity index (χ0n) is 10.6. The minimum Gasteiger partial charge on any atom is -0.370 e. The average molecular weight is 380 g/mol. The van der Waals surface area contributed by atoms with Crippen molar-refractivity contribution in [1.82, 2.24) is 14.7 Å². The molecule has 2 N–H and O–H groups in total. The van der Waals surface area contributed by atoms with E-state index in [1.165, 1.54) is 17.1 Å². The first-order valence-corrected chi connectivity index (χ1v) is 5.77. The van der Waals surface area contributed by atoms with Gasteiger partial charge in [-0.1, -0.05) is 0 Å². The first kappa shape index (κ1) is 15.7. The Morgan fingerprint density at radius 2 is 2.42 bits per heavy atom. The molecule has 1 aliphatic carbocycles. The molecule has 0 aliphatic heterocycles. The molecule has 1 fully saturated rings. The van der Waals surface area contributed by atoms with Crippen LogP contribution in [-0.4, -0.2) is 45.2 Å². The molecule has 1 heterocycles. The fourth-order valence-corrected chi connectivity index (χ4v) is 1.60. The Morgan fingerprint density at radius 1 is 1.74 bits per heavy atom. The van der Waals surface area contributed by atoms with Gasteiger partial charge in [-0.25, -0.2) is 0 Å². The lowest BCUT2D eigenvalue weighted by atomic mass is 10.5. The summed E-state index contributed by atoms with van der Waals surface area (Å²) in [6.45, 7) is 0.939. The van der Waals surface area contributed by atoms with Crippen LogP contribution in [0.5, 0.6) is 0 Å². The maximum absolute atomic E-state index is 10.5. The minimum atomic E-state index is -0.470. The largest absolute Gasteiger partial charge is 0.370 e. The van der Waals surface area contributed by atoms with Gasteiger partial charge in [0.2, 0.25) is 0 Å². The second kappa shape index (κ2) is 6.68. The van der Waals surface area contributed by atoms with E-state index in [-0.39, 0.29) is 29.7 Å². The normalized spacial score (nSPS) is 14.9. The van der Waals surface area contributed by atoms with Gasteiger partial charge in [0.15, 0.2) is 5.96 Å². The molecule has 1 aromatic rings. The van der Waals surface area contributed by atoms with E-state index in [0.29, 0.717) is 25.1 Å². The van der Waals surface area contributed by atoms with Crippen LogP contribution in [-0.2, 0) is 6.54 Å².